The Morgan fingerprint density at radius 2 is 1.47 bits per heavy atom. The van der Waals surface area contributed by atoms with Crippen LogP contribution in [0.25, 0.3) is 0 Å². The number of amides is 2. The van der Waals surface area contributed by atoms with E-state index in [0.29, 0.717) is 17.9 Å². The zero-order chi connectivity index (χ0) is 28.1. The number of benzene rings is 2. The van der Waals surface area contributed by atoms with Crippen molar-refractivity contribution in [3.8, 4) is 5.75 Å². The summed E-state index contributed by atoms with van der Waals surface area (Å²) in [5.41, 5.74) is 1.61. The van der Waals surface area contributed by atoms with E-state index >= 15 is 0 Å². The van der Waals surface area contributed by atoms with Crippen LogP contribution >= 0.6 is 0 Å². The first-order chi connectivity index (χ1) is 18.1. The number of nitrogens with one attached hydrogen (secondary N) is 3. The first kappa shape index (κ1) is 30.3. The lowest BCUT2D eigenvalue weighted by atomic mass is 9.99. The lowest BCUT2D eigenvalue weighted by Crippen LogP contribution is -2.55. The van der Waals surface area contributed by atoms with E-state index in [1.807, 2.05) is 44.2 Å². The van der Waals surface area contributed by atoms with Gasteiger partial charge in [-0.05, 0) is 42.0 Å². The number of carboxylic acids is 2. The summed E-state index contributed by atoms with van der Waals surface area (Å²) in [6.45, 7) is 4.08. The van der Waals surface area contributed by atoms with Crippen molar-refractivity contribution < 1.29 is 34.1 Å². The van der Waals surface area contributed by atoms with Crippen molar-refractivity contribution in [3.05, 3.63) is 65.7 Å². The number of ether oxygens (including phenoxy) is 1. The van der Waals surface area contributed by atoms with Crippen molar-refractivity contribution in [3.63, 3.8) is 0 Å². The number of carbonyl (C=O) groups is 4. The van der Waals surface area contributed by atoms with Crippen molar-refractivity contribution in [1.82, 2.24) is 16.0 Å². The van der Waals surface area contributed by atoms with Crippen molar-refractivity contribution in [1.29, 1.82) is 0 Å². The molecule has 0 aliphatic heterocycles. The van der Waals surface area contributed by atoms with Crippen molar-refractivity contribution >= 4 is 23.8 Å². The zero-order valence-electron chi connectivity index (χ0n) is 22.0. The number of hydrogen-bond donors (Lipinski definition) is 5. The molecule has 0 fully saturated rings. The van der Waals surface area contributed by atoms with Gasteiger partial charge in [0.15, 0.2) is 0 Å². The fourth-order valence-corrected chi connectivity index (χ4v) is 3.87. The molecule has 0 saturated carbocycles. The van der Waals surface area contributed by atoms with Crippen LogP contribution in [0.15, 0.2) is 54.6 Å². The molecule has 0 heterocycles. The molecule has 0 aliphatic carbocycles. The molecule has 3 atom stereocenters. The van der Waals surface area contributed by atoms with E-state index in [9.17, 15) is 29.4 Å². The Labute approximate surface area is 222 Å². The molecule has 0 aliphatic rings. The third-order valence-electron chi connectivity index (χ3n) is 5.93. The molecule has 10 nitrogen and oxygen atoms in total. The number of methoxy groups -OCH3 is 1. The molecule has 2 amide bonds. The second-order valence-corrected chi connectivity index (χ2v) is 9.49. The highest BCUT2D eigenvalue weighted by Crippen LogP contribution is 2.14. The summed E-state index contributed by atoms with van der Waals surface area (Å²) in [6, 6.07) is 12.8. The molecule has 2 aromatic carbocycles. The standard InChI is InChI=1S/C28H37N3O7/c1-18(2)15-23(26(33)31-24(28(36)37)16-19-9-11-21(38-3)12-10-19)30-22(27(34)35)13-14-25(32)29-17-20-7-5-4-6-8-20/h4-12,18,22-24,30H,13-17H2,1-3H3,(H,29,32)(H,31,33)(H,34,35)(H,36,37)/t22-,23+,24+/m1/s1. The van der Waals surface area contributed by atoms with E-state index < -0.39 is 36.0 Å². The molecule has 0 aromatic heterocycles. The number of hydrogen-bond acceptors (Lipinski definition) is 6. The van der Waals surface area contributed by atoms with Crippen molar-refractivity contribution in [2.75, 3.05) is 7.11 Å². The van der Waals surface area contributed by atoms with E-state index in [1.165, 1.54) is 7.11 Å². The number of rotatable bonds is 16. The lowest BCUT2D eigenvalue weighted by Gasteiger charge is -2.26. The van der Waals surface area contributed by atoms with Crippen LogP contribution in [0.4, 0.5) is 0 Å². The molecule has 10 heteroatoms. The van der Waals surface area contributed by atoms with Gasteiger partial charge in [-0.25, -0.2) is 4.79 Å². The summed E-state index contributed by atoms with van der Waals surface area (Å²) in [5.74, 6) is -2.68. The highest BCUT2D eigenvalue weighted by atomic mass is 16.5. The van der Waals surface area contributed by atoms with Crippen LogP contribution in [0, 0.1) is 5.92 Å². The molecular weight excluding hydrogens is 490 g/mol. The maximum Gasteiger partial charge on any atom is 0.326 e. The van der Waals surface area contributed by atoms with Crippen LogP contribution in [-0.4, -0.2) is 59.2 Å². The Kier molecular flexibility index (Phi) is 12.2. The number of carbonyl (C=O) groups excluding carboxylic acids is 2. The largest absolute Gasteiger partial charge is 0.497 e. The van der Waals surface area contributed by atoms with E-state index in [1.54, 1.807) is 24.3 Å². The Hall–Kier alpha value is -3.92. The maximum atomic E-state index is 13.1. The fraction of sp³-hybridized carbons (Fsp3) is 0.429. The minimum absolute atomic E-state index is 0.0201. The molecule has 2 rings (SSSR count). The molecular formula is C28H37N3O7. The van der Waals surface area contributed by atoms with E-state index in [0.717, 1.165) is 5.56 Å². The van der Waals surface area contributed by atoms with E-state index in [-0.39, 0.29) is 37.5 Å². The minimum atomic E-state index is -1.21. The quantitative estimate of drug-likeness (QED) is 0.223. The van der Waals surface area contributed by atoms with Crippen molar-refractivity contribution in [2.45, 2.75) is 64.2 Å². The van der Waals surface area contributed by atoms with Gasteiger partial charge >= 0.3 is 11.9 Å². The van der Waals surface area contributed by atoms with E-state index in [4.69, 9.17) is 4.74 Å². The first-order valence-corrected chi connectivity index (χ1v) is 12.5. The zero-order valence-corrected chi connectivity index (χ0v) is 22.0. The van der Waals surface area contributed by atoms with E-state index in [2.05, 4.69) is 16.0 Å². The predicted molar refractivity (Wildman–Crippen MR) is 142 cm³/mol. The Morgan fingerprint density at radius 1 is 0.842 bits per heavy atom. The monoisotopic (exact) mass is 527 g/mol. The summed E-state index contributed by atoms with van der Waals surface area (Å²) in [7, 11) is 1.53. The van der Waals surface area contributed by atoms with Crippen LogP contribution in [-0.2, 0) is 32.1 Å². The molecule has 0 bridgehead atoms. The number of aliphatic carboxylic acids is 2. The molecule has 0 radical (unpaired) electrons. The van der Waals surface area contributed by atoms with Gasteiger partial charge in [0, 0.05) is 19.4 Å². The van der Waals surface area contributed by atoms with Gasteiger partial charge in [0.1, 0.15) is 17.8 Å². The second kappa shape index (κ2) is 15.4. The van der Waals surface area contributed by atoms with Gasteiger partial charge in [-0.3, -0.25) is 19.7 Å². The van der Waals surface area contributed by atoms with Crippen LogP contribution in [0.3, 0.4) is 0 Å². The molecule has 0 unspecified atom stereocenters. The summed E-state index contributed by atoms with van der Waals surface area (Å²) in [6.07, 6.45) is 0.238. The van der Waals surface area contributed by atoms with Crippen molar-refractivity contribution in [2.24, 2.45) is 5.92 Å². The SMILES string of the molecule is COc1ccc(C[C@H](NC(=O)[C@H](CC(C)C)N[C@H](CCC(=O)NCc2ccccc2)C(=O)O)C(=O)O)cc1. The topological polar surface area (TPSA) is 154 Å². The Bertz CT molecular complexity index is 1060. The van der Waals surface area contributed by atoms with Gasteiger partial charge in [-0.15, -0.1) is 0 Å². The third-order valence-corrected chi connectivity index (χ3v) is 5.93. The van der Waals surface area contributed by atoms with Gasteiger partial charge in [0.05, 0.1) is 13.2 Å². The van der Waals surface area contributed by atoms with Crippen LogP contribution in [0.5, 0.6) is 5.75 Å². The molecule has 0 saturated heterocycles. The Morgan fingerprint density at radius 3 is 2.03 bits per heavy atom. The third kappa shape index (κ3) is 10.6. The lowest BCUT2D eigenvalue weighted by molar-refractivity contribution is -0.143. The van der Waals surface area contributed by atoms with Gasteiger partial charge in [-0.2, -0.15) is 0 Å². The molecule has 0 spiro atoms. The molecule has 206 valence electrons. The Balaban J connectivity index is 2.01. The molecule has 2 aromatic rings. The summed E-state index contributed by atoms with van der Waals surface area (Å²) < 4.78 is 5.11. The van der Waals surface area contributed by atoms with Gasteiger partial charge in [0.2, 0.25) is 11.8 Å². The molecule has 38 heavy (non-hydrogen) atoms. The maximum absolute atomic E-state index is 13.1. The number of carboxylic acid groups (broad SMARTS) is 2. The van der Waals surface area contributed by atoms with Crippen LogP contribution in [0.2, 0.25) is 0 Å². The summed E-state index contributed by atoms with van der Waals surface area (Å²) >= 11 is 0. The average molecular weight is 528 g/mol. The predicted octanol–water partition coefficient (Wildman–Crippen LogP) is 2.36. The smallest absolute Gasteiger partial charge is 0.326 e. The fourth-order valence-electron chi connectivity index (χ4n) is 3.87. The van der Waals surface area contributed by atoms with Gasteiger partial charge in [0.25, 0.3) is 0 Å². The summed E-state index contributed by atoms with van der Waals surface area (Å²) in [5, 5.41) is 27.6. The first-order valence-electron chi connectivity index (χ1n) is 12.5. The molecule has 5 N–H and O–H groups in total. The minimum Gasteiger partial charge on any atom is -0.497 e. The van der Waals surface area contributed by atoms with Crippen LogP contribution < -0.4 is 20.7 Å². The highest BCUT2D eigenvalue weighted by molar-refractivity contribution is 5.88. The highest BCUT2D eigenvalue weighted by Gasteiger charge is 2.30. The van der Waals surface area contributed by atoms with Gasteiger partial charge < -0.3 is 25.6 Å². The summed E-state index contributed by atoms with van der Waals surface area (Å²) in [4.78, 5) is 49.2. The van der Waals surface area contributed by atoms with Crippen LogP contribution in [0.1, 0.15) is 44.2 Å². The normalized spacial score (nSPS) is 13.3. The second-order valence-electron chi connectivity index (χ2n) is 9.49. The van der Waals surface area contributed by atoms with Gasteiger partial charge in [-0.1, -0.05) is 56.3 Å². The average Bonchev–Trinajstić information content (AvgIpc) is 2.89.